The van der Waals surface area contributed by atoms with Gasteiger partial charge in [-0.15, -0.1) is 0 Å². The van der Waals surface area contributed by atoms with Crippen molar-refractivity contribution in [3.05, 3.63) is 71.0 Å². The number of sulfonamides is 1. The fourth-order valence-corrected chi connectivity index (χ4v) is 7.28. The number of nitrogens with zero attached hydrogens (tertiary/aromatic N) is 2. The van der Waals surface area contributed by atoms with Crippen molar-refractivity contribution in [2.45, 2.75) is 76.3 Å². The van der Waals surface area contributed by atoms with Gasteiger partial charge in [-0.05, 0) is 69.3 Å². The van der Waals surface area contributed by atoms with Crippen LogP contribution in [0.1, 0.15) is 80.9 Å². The van der Waals surface area contributed by atoms with Crippen LogP contribution in [-0.2, 0) is 21.3 Å². The normalized spacial score (nSPS) is 25.6. The molecule has 7 nitrogen and oxygen atoms in total. The molecular formula is C29H40FN3O4S. The van der Waals surface area contributed by atoms with Gasteiger partial charge in [0.15, 0.2) is 0 Å². The van der Waals surface area contributed by atoms with E-state index in [1.54, 1.807) is 32.0 Å². The van der Waals surface area contributed by atoms with Gasteiger partial charge < -0.3 is 9.84 Å². The molecule has 2 heterocycles. The standard InChI is InChI=1S/C29H40FN3O4S/c1-21-8-6-7-17-33(18-15-21)20-22-11-13-23(14-12-22)27-29(2,3)37-28(32-38(27,35)36)31-26(16-19-34)24-9-4-5-10-25(24)30/h4-5,9-14,21,26-27,34H,6-8,15-20H2,1-3H3,(H,31,32)/t21?,26-,27?/m0/s1. The van der Waals surface area contributed by atoms with E-state index in [9.17, 15) is 17.9 Å². The average molecular weight is 546 g/mol. The highest BCUT2D eigenvalue weighted by Crippen LogP contribution is 2.39. The van der Waals surface area contributed by atoms with Crippen molar-refractivity contribution in [1.29, 1.82) is 0 Å². The smallest absolute Gasteiger partial charge is 0.299 e. The first-order chi connectivity index (χ1) is 18.1. The van der Waals surface area contributed by atoms with Gasteiger partial charge in [0.05, 0.1) is 6.04 Å². The van der Waals surface area contributed by atoms with Crippen molar-refractivity contribution in [1.82, 2.24) is 9.62 Å². The molecule has 2 unspecified atom stereocenters. The summed E-state index contributed by atoms with van der Waals surface area (Å²) in [5, 5.41) is 8.54. The van der Waals surface area contributed by atoms with Crippen molar-refractivity contribution in [2.24, 2.45) is 10.9 Å². The lowest BCUT2D eigenvalue weighted by Gasteiger charge is -2.39. The minimum atomic E-state index is -3.91. The van der Waals surface area contributed by atoms with Crippen LogP contribution in [0, 0.1) is 11.7 Å². The first-order valence-electron chi connectivity index (χ1n) is 13.5. The first kappa shape index (κ1) is 28.5. The van der Waals surface area contributed by atoms with Crippen molar-refractivity contribution in [3.8, 4) is 0 Å². The summed E-state index contributed by atoms with van der Waals surface area (Å²) in [6, 6.07) is 12.9. The van der Waals surface area contributed by atoms with Gasteiger partial charge in [0.25, 0.3) is 6.02 Å². The van der Waals surface area contributed by atoms with E-state index in [1.165, 1.54) is 31.7 Å². The Bertz CT molecular complexity index is 1220. The summed E-state index contributed by atoms with van der Waals surface area (Å²) in [7, 11) is -3.91. The quantitative estimate of drug-likeness (QED) is 0.506. The number of amidine groups is 1. The molecule has 4 rings (SSSR count). The number of likely N-dealkylation sites (tertiary alicyclic amines) is 1. The molecule has 0 saturated carbocycles. The Hall–Kier alpha value is -2.49. The van der Waals surface area contributed by atoms with Crippen molar-refractivity contribution in [2.75, 3.05) is 19.7 Å². The fraction of sp³-hybridized carbons (Fsp3) is 0.552. The molecule has 2 aliphatic heterocycles. The van der Waals surface area contributed by atoms with Gasteiger partial charge in [-0.1, -0.05) is 62.2 Å². The van der Waals surface area contributed by atoms with E-state index in [0.717, 1.165) is 31.1 Å². The van der Waals surface area contributed by atoms with Gasteiger partial charge in [0.2, 0.25) is 10.0 Å². The topological polar surface area (TPSA) is 91.2 Å². The average Bonchev–Trinajstić information content (AvgIpc) is 2.83. The third-order valence-electron chi connectivity index (χ3n) is 7.52. The molecular weight excluding hydrogens is 505 g/mol. The molecule has 0 radical (unpaired) electrons. The molecule has 0 aromatic heterocycles. The summed E-state index contributed by atoms with van der Waals surface area (Å²) >= 11 is 0. The third kappa shape index (κ3) is 6.93. The summed E-state index contributed by atoms with van der Waals surface area (Å²) < 4.78 is 49.8. The van der Waals surface area contributed by atoms with Crippen molar-refractivity contribution >= 4 is 16.0 Å². The van der Waals surface area contributed by atoms with E-state index in [0.29, 0.717) is 5.56 Å². The van der Waals surface area contributed by atoms with Gasteiger partial charge in [-0.3, -0.25) is 4.90 Å². The molecule has 3 atom stereocenters. The highest BCUT2D eigenvalue weighted by Gasteiger charge is 2.48. The van der Waals surface area contributed by atoms with Crippen LogP contribution in [-0.4, -0.2) is 49.7 Å². The van der Waals surface area contributed by atoms with E-state index in [1.807, 2.05) is 24.3 Å². The molecule has 2 saturated heterocycles. The van der Waals surface area contributed by atoms with Gasteiger partial charge >= 0.3 is 0 Å². The zero-order chi connectivity index (χ0) is 27.3. The molecule has 2 N–H and O–H groups in total. The number of hydrogen-bond acceptors (Lipinski definition) is 6. The van der Waals surface area contributed by atoms with E-state index in [-0.39, 0.29) is 24.6 Å². The number of hydrogen-bond donors (Lipinski definition) is 2. The van der Waals surface area contributed by atoms with Crippen LogP contribution in [0.4, 0.5) is 4.39 Å². The number of benzene rings is 2. The number of ether oxygens (including phenoxy) is 1. The highest BCUT2D eigenvalue weighted by molar-refractivity contribution is 7.90. The van der Waals surface area contributed by atoms with E-state index in [4.69, 9.17) is 4.74 Å². The fourth-order valence-electron chi connectivity index (χ4n) is 5.51. The Labute approximate surface area is 226 Å². The third-order valence-corrected chi connectivity index (χ3v) is 9.44. The second kappa shape index (κ2) is 12.1. The SMILES string of the molecule is CC1CCCCN(Cc2ccc(C3C(C)(C)OC(=N[C@@H](CCO)c4ccccc4F)NS3(=O)=O)cc2)CC1. The molecule has 2 aromatic rings. The lowest BCUT2D eigenvalue weighted by atomic mass is 9.96. The second-order valence-electron chi connectivity index (χ2n) is 11.1. The summed E-state index contributed by atoms with van der Waals surface area (Å²) in [4.78, 5) is 6.86. The van der Waals surface area contributed by atoms with E-state index in [2.05, 4.69) is 21.5 Å². The highest BCUT2D eigenvalue weighted by atomic mass is 32.2. The molecule has 38 heavy (non-hydrogen) atoms. The lowest BCUT2D eigenvalue weighted by molar-refractivity contribution is 0.0758. The van der Waals surface area contributed by atoms with Gasteiger partial charge in [-0.25, -0.2) is 22.5 Å². The zero-order valence-corrected chi connectivity index (χ0v) is 23.4. The predicted molar refractivity (Wildman–Crippen MR) is 148 cm³/mol. The zero-order valence-electron chi connectivity index (χ0n) is 22.6. The monoisotopic (exact) mass is 545 g/mol. The molecule has 0 spiro atoms. The van der Waals surface area contributed by atoms with E-state index >= 15 is 0 Å². The molecule has 9 heteroatoms. The maximum atomic E-state index is 14.4. The van der Waals surface area contributed by atoms with Crippen LogP contribution >= 0.6 is 0 Å². The Balaban J connectivity index is 1.52. The summed E-state index contributed by atoms with van der Waals surface area (Å²) in [5.74, 6) is 0.280. The molecule has 0 bridgehead atoms. The molecule has 2 aromatic carbocycles. The minimum absolute atomic E-state index is 0.122. The van der Waals surface area contributed by atoms with Gasteiger partial charge in [0.1, 0.15) is 16.7 Å². The first-order valence-corrected chi connectivity index (χ1v) is 15.1. The molecule has 0 amide bonds. The largest absolute Gasteiger partial charge is 0.457 e. The molecule has 0 aliphatic carbocycles. The van der Waals surface area contributed by atoms with Crippen LogP contribution < -0.4 is 4.72 Å². The maximum absolute atomic E-state index is 14.4. The molecule has 2 aliphatic rings. The van der Waals surface area contributed by atoms with E-state index < -0.39 is 32.7 Å². The second-order valence-corrected chi connectivity index (χ2v) is 12.9. The predicted octanol–water partition coefficient (Wildman–Crippen LogP) is 5.09. The molecule has 208 valence electrons. The van der Waals surface area contributed by atoms with Crippen LogP contribution in [0.3, 0.4) is 0 Å². The van der Waals surface area contributed by atoms with Gasteiger partial charge in [-0.2, -0.15) is 0 Å². The Morgan fingerprint density at radius 1 is 1.13 bits per heavy atom. The van der Waals surface area contributed by atoms with Crippen LogP contribution in [0.5, 0.6) is 0 Å². The number of nitrogens with one attached hydrogen (secondary N) is 1. The number of aliphatic imine (C=N–C) groups is 1. The number of halogens is 1. The molecule has 2 fully saturated rings. The lowest BCUT2D eigenvalue weighted by Crippen LogP contribution is -2.53. The van der Waals surface area contributed by atoms with Crippen LogP contribution in [0.25, 0.3) is 0 Å². The summed E-state index contributed by atoms with van der Waals surface area (Å²) in [6.45, 7) is 8.53. The van der Waals surface area contributed by atoms with Crippen molar-refractivity contribution in [3.63, 3.8) is 0 Å². The Kier molecular flexibility index (Phi) is 9.11. The minimum Gasteiger partial charge on any atom is -0.457 e. The Morgan fingerprint density at radius 3 is 2.55 bits per heavy atom. The number of aliphatic hydroxyl groups excluding tert-OH is 1. The summed E-state index contributed by atoms with van der Waals surface area (Å²) in [6.07, 6.45) is 5.11. The van der Waals surface area contributed by atoms with Crippen molar-refractivity contribution < 1.29 is 22.7 Å². The number of rotatable bonds is 7. The summed E-state index contributed by atoms with van der Waals surface area (Å²) in [5.41, 5.74) is 0.915. The van der Waals surface area contributed by atoms with Crippen LogP contribution in [0.15, 0.2) is 53.5 Å². The number of aliphatic hydroxyl groups is 1. The van der Waals surface area contributed by atoms with Crippen LogP contribution in [0.2, 0.25) is 0 Å². The Morgan fingerprint density at radius 2 is 1.87 bits per heavy atom. The van der Waals surface area contributed by atoms with Gasteiger partial charge in [0, 0.05) is 18.7 Å². The maximum Gasteiger partial charge on any atom is 0.299 e.